The van der Waals surface area contributed by atoms with Crippen LogP contribution in [0.2, 0.25) is 0 Å². The summed E-state index contributed by atoms with van der Waals surface area (Å²) in [6.45, 7) is 10.8. The van der Waals surface area contributed by atoms with Gasteiger partial charge in [-0.1, -0.05) is 27.7 Å². The highest BCUT2D eigenvalue weighted by Gasteiger charge is 2.63. The van der Waals surface area contributed by atoms with Gasteiger partial charge in [0.25, 0.3) is 0 Å². The van der Waals surface area contributed by atoms with Crippen LogP contribution in [-0.2, 0) is 0 Å². The molecule has 3 nitrogen and oxygen atoms in total. The van der Waals surface area contributed by atoms with Crippen molar-refractivity contribution in [2.45, 2.75) is 104 Å². The fourth-order valence-electron chi connectivity index (χ4n) is 9.61. The van der Waals surface area contributed by atoms with Crippen molar-refractivity contribution in [1.82, 2.24) is 0 Å². The molecule has 5 rings (SSSR count). The molecule has 4 fully saturated rings. The Morgan fingerprint density at radius 1 is 0.933 bits per heavy atom. The summed E-state index contributed by atoms with van der Waals surface area (Å²) in [7, 11) is 0. The maximum Gasteiger partial charge on any atom is 0.0582 e. The van der Waals surface area contributed by atoms with Crippen LogP contribution in [0.5, 0.6) is 0 Å². The summed E-state index contributed by atoms with van der Waals surface area (Å²) < 4.78 is 0. The second-order valence-electron chi connectivity index (χ2n) is 12.7. The van der Waals surface area contributed by atoms with E-state index in [0.717, 1.165) is 50.0 Å². The van der Waals surface area contributed by atoms with Crippen LogP contribution in [0.15, 0.2) is 4.99 Å². The Hall–Kier alpha value is -0.410. The van der Waals surface area contributed by atoms with Crippen LogP contribution in [0.1, 0.15) is 91.9 Å². The molecule has 0 radical (unpaired) electrons. The van der Waals surface area contributed by atoms with Crippen molar-refractivity contribution in [1.29, 1.82) is 0 Å². The maximum absolute atomic E-state index is 11.4. The van der Waals surface area contributed by atoms with Gasteiger partial charge >= 0.3 is 0 Å². The minimum absolute atomic E-state index is 0.0639. The zero-order valence-electron chi connectivity index (χ0n) is 19.8. The van der Waals surface area contributed by atoms with E-state index < -0.39 is 0 Å². The average Bonchev–Trinajstić information content (AvgIpc) is 2.98. The van der Waals surface area contributed by atoms with Crippen molar-refractivity contribution < 1.29 is 10.2 Å². The van der Waals surface area contributed by atoms with Gasteiger partial charge in [0.2, 0.25) is 0 Å². The number of aliphatic hydroxyl groups excluding tert-OH is 2. The Bertz CT molecular complexity index is 690. The van der Waals surface area contributed by atoms with Crippen LogP contribution in [0, 0.1) is 52.3 Å². The minimum atomic E-state index is -0.158. The highest BCUT2D eigenvalue weighted by Crippen LogP contribution is 2.68. The quantitative estimate of drug-likeness (QED) is 0.627. The van der Waals surface area contributed by atoms with Crippen LogP contribution in [0.4, 0.5) is 0 Å². The Balaban J connectivity index is 1.39. The number of fused-ring (bicyclic) bond motifs is 5. The molecule has 4 aliphatic carbocycles. The zero-order chi connectivity index (χ0) is 21.3. The highest BCUT2D eigenvalue weighted by molar-refractivity contribution is 5.87. The number of rotatable bonds is 2. The fourth-order valence-corrected chi connectivity index (χ4v) is 9.61. The van der Waals surface area contributed by atoms with Crippen LogP contribution >= 0.6 is 0 Å². The third-order valence-corrected chi connectivity index (χ3v) is 11.3. The third-order valence-electron chi connectivity index (χ3n) is 11.3. The van der Waals surface area contributed by atoms with Gasteiger partial charge in [0.05, 0.1) is 12.2 Å². The number of hydrogen-bond acceptors (Lipinski definition) is 3. The molecule has 1 heterocycles. The molecule has 2 N–H and O–H groups in total. The topological polar surface area (TPSA) is 52.8 Å². The summed E-state index contributed by atoms with van der Waals surface area (Å²) in [5.41, 5.74) is 2.09. The fraction of sp³-hybridized carbons (Fsp3) is 0.963. The van der Waals surface area contributed by atoms with Gasteiger partial charge in [-0.2, -0.15) is 0 Å². The van der Waals surface area contributed by atoms with E-state index in [1.54, 1.807) is 0 Å². The maximum atomic E-state index is 11.4. The van der Waals surface area contributed by atoms with E-state index in [1.807, 2.05) is 0 Å². The van der Waals surface area contributed by atoms with Crippen LogP contribution < -0.4 is 0 Å². The van der Waals surface area contributed by atoms with Crippen LogP contribution in [-0.4, -0.2) is 34.7 Å². The first-order valence-electron chi connectivity index (χ1n) is 13.1. The molecule has 6 unspecified atom stereocenters. The minimum Gasteiger partial charge on any atom is -0.393 e. The number of aliphatic imine (C=N–C) groups is 1. The van der Waals surface area contributed by atoms with Crippen molar-refractivity contribution >= 4 is 5.71 Å². The second kappa shape index (κ2) is 7.58. The smallest absolute Gasteiger partial charge is 0.0582 e. The van der Waals surface area contributed by atoms with Crippen LogP contribution in [0.25, 0.3) is 0 Å². The van der Waals surface area contributed by atoms with Gasteiger partial charge in [0.1, 0.15) is 0 Å². The monoisotopic (exact) mass is 415 g/mol. The lowest BCUT2D eigenvalue weighted by atomic mass is 9.44. The van der Waals surface area contributed by atoms with Gasteiger partial charge in [-0.3, -0.25) is 4.99 Å². The third kappa shape index (κ3) is 3.16. The van der Waals surface area contributed by atoms with Crippen molar-refractivity contribution in [3.8, 4) is 0 Å². The Labute approximate surface area is 184 Å². The summed E-state index contributed by atoms with van der Waals surface area (Å²) in [4.78, 5) is 4.99. The first-order valence-corrected chi connectivity index (χ1v) is 13.1. The van der Waals surface area contributed by atoms with E-state index in [-0.39, 0.29) is 17.6 Å². The lowest BCUT2D eigenvalue weighted by molar-refractivity contribution is -0.128. The molecule has 30 heavy (non-hydrogen) atoms. The Morgan fingerprint density at radius 3 is 2.43 bits per heavy atom. The molecule has 1 aliphatic heterocycles. The first kappa shape index (κ1) is 21.4. The molecule has 0 bridgehead atoms. The van der Waals surface area contributed by atoms with Gasteiger partial charge in [-0.25, -0.2) is 0 Å². The molecule has 4 saturated carbocycles. The summed E-state index contributed by atoms with van der Waals surface area (Å²) >= 11 is 0. The van der Waals surface area contributed by atoms with Gasteiger partial charge in [0, 0.05) is 12.3 Å². The van der Waals surface area contributed by atoms with Gasteiger partial charge in [-0.15, -0.1) is 0 Å². The molecular formula is C27H45NO2. The molecule has 0 aromatic carbocycles. The molecule has 0 aromatic rings. The van der Waals surface area contributed by atoms with Crippen molar-refractivity contribution in [2.24, 2.45) is 57.2 Å². The predicted molar refractivity (Wildman–Crippen MR) is 122 cm³/mol. The SMILES string of the molecule is CC(C1=NC[C@@H](C)CC1)C1[C@H](O)CC2C3CCC4C[C@@H](O)CC[C@]4(C)C3CC[C@@]21C. The van der Waals surface area contributed by atoms with Crippen molar-refractivity contribution in [3.63, 3.8) is 0 Å². The van der Waals surface area contributed by atoms with Crippen LogP contribution in [0.3, 0.4) is 0 Å². The lowest BCUT2D eigenvalue weighted by Gasteiger charge is -2.61. The summed E-state index contributed by atoms with van der Waals surface area (Å²) in [6.07, 6.45) is 11.7. The molecule has 170 valence electrons. The van der Waals surface area contributed by atoms with Gasteiger partial charge in [-0.05, 0) is 116 Å². The largest absolute Gasteiger partial charge is 0.393 e. The van der Waals surface area contributed by atoms with E-state index in [9.17, 15) is 10.2 Å². The van der Waals surface area contributed by atoms with E-state index in [2.05, 4.69) is 27.7 Å². The Kier molecular flexibility index (Phi) is 5.41. The molecule has 0 spiro atoms. The van der Waals surface area contributed by atoms with Gasteiger partial charge in [0.15, 0.2) is 0 Å². The van der Waals surface area contributed by atoms with Crippen molar-refractivity contribution in [2.75, 3.05) is 6.54 Å². The van der Waals surface area contributed by atoms with Crippen molar-refractivity contribution in [3.05, 3.63) is 0 Å². The van der Waals surface area contributed by atoms with E-state index in [1.165, 1.54) is 44.2 Å². The number of nitrogens with zero attached hydrogens (tertiary/aromatic N) is 1. The summed E-state index contributed by atoms with van der Waals surface area (Å²) in [6, 6.07) is 0. The predicted octanol–water partition coefficient (Wildman–Crippen LogP) is 5.48. The van der Waals surface area contributed by atoms with E-state index in [4.69, 9.17) is 4.99 Å². The second-order valence-corrected chi connectivity index (χ2v) is 12.7. The molecule has 0 aromatic heterocycles. The molecule has 5 aliphatic rings. The normalized spacial score (nSPS) is 54.5. The molecule has 3 heteroatoms. The number of aliphatic hydroxyl groups is 2. The van der Waals surface area contributed by atoms with Gasteiger partial charge < -0.3 is 10.2 Å². The molecule has 11 atom stereocenters. The standard InChI is InChI=1S/C27H45NO2/c1-16-5-8-23(28-15-16)17(2)25-24(30)14-22-20-7-6-18-13-19(29)9-11-26(18,3)21(20)10-12-27(22,25)4/h16-22,24-25,29-30H,5-15H2,1-4H3/t16-,17?,18?,19-,20?,21?,22?,24+,25?,26-,27-/m0/s1. The molecular weight excluding hydrogens is 370 g/mol. The zero-order valence-corrected chi connectivity index (χ0v) is 19.8. The van der Waals surface area contributed by atoms with E-state index in [0.29, 0.717) is 29.1 Å². The molecule has 0 amide bonds. The molecule has 0 saturated heterocycles. The number of hydrogen-bond donors (Lipinski definition) is 2. The van der Waals surface area contributed by atoms with E-state index >= 15 is 0 Å². The average molecular weight is 416 g/mol. The lowest BCUT2D eigenvalue weighted by Crippen LogP contribution is -2.54. The Morgan fingerprint density at radius 2 is 1.70 bits per heavy atom. The first-order chi connectivity index (χ1) is 14.2. The highest BCUT2D eigenvalue weighted by atomic mass is 16.3. The summed E-state index contributed by atoms with van der Waals surface area (Å²) in [5.74, 6) is 4.50. The summed E-state index contributed by atoms with van der Waals surface area (Å²) in [5, 5.41) is 21.6.